The van der Waals surface area contributed by atoms with Gasteiger partial charge in [-0.05, 0) is 5.75 Å². The van der Waals surface area contributed by atoms with E-state index >= 15 is 0 Å². The van der Waals surface area contributed by atoms with Gasteiger partial charge in [-0.15, -0.1) is 11.8 Å². The molecule has 1 N–H and O–H groups in total. The summed E-state index contributed by atoms with van der Waals surface area (Å²) in [7, 11) is 0. The van der Waals surface area contributed by atoms with Crippen LogP contribution in [-0.4, -0.2) is 34.1 Å². The summed E-state index contributed by atoms with van der Waals surface area (Å²) < 4.78 is 0. The number of thioether (sulfide) groups is 2. The van der Waals surface area contributed by atoms with Crippen LogP contribution in [0.5, 0.6) is 0 Å². The second kappa shape index (κ2) is 7.28. The van der Waals surface area contributed by atoms with Gasteiger partial charge in [-0.2, -0.15) is 11.8 Å². The Morgan fingerprint density at radius 3 is 2.50 bits per heavy atom. The van der Waals surface area contributed by atoms with E-state index in [-0.39, 0.29) is 5.75 Å². The Morgan fingerprint density at radius 1 is 1.40 bits per heavy atom. The van der Waals surface area contributed by atoms with Crippen molar-refractivity contribution in [3.8, 4) is 0 Å². The van der Waals surface area contributed by atoms with Gasteiger partial charge in [0.25, 0.3) is 0 Å². The van der Waals surface area contributed by atoms with Crippen LogP contribution in [0.4, 0.5) is 0 Å². The number of hydrogen-bond acceptors (Lipinski definition) is 3. The van der Waals surface area contributed by atoms with E-state index in [0.717, 1.165) is 17.3 Å². The first-order valence-electron chi connectivity index (χ1n) is 3.14. The van der Waals surface area contributed by atoms with Crippen LogP contribution in [0.25, 0.3) is 0 Å². The molecule has 0 atom stereocenters. The van der Waals surface area contributed by atoms with Gasteiger partial charge in [0.2, 0.25) is 0 Å². The summed E-state index contributed by atoms with van der Waals surface area (Å²) in [6.07, 6.45) is 0. The molecule has 0 saturated carbocycles. The SMILES string of the molecule is CCSCCSCC(=O)O. The molecule has 0 aliphatic heterocycles. The molecule has 60 valence electrons. The van der Waals surface area contributed by atoms with E-state index in [2.05, 4.69) is 6.92 Å². The first-order chi connectivity index (χ1) is 4.77. The molecule has 0 heterocycles. The molecule has 0 rings (SSSR count). The summed E-state index contributed by atoms with van der Waals surface area (Å²) >= 11 is 3.33. The number of carboxylic acid groups (broad SMARTS) is 1. The Bertz CT molecular complexity index is 95.7. The summed E-state index contributed by atoms with van der Waals surface area (Å²) in [4.78, 5) is 10.0. The smallest absolute Gasteiger partial charge is 0.313 e. The lowest BCUT2D eigenvalue weighted by Crippen LogP contribution is -1.99. The van der Waals surface area contributed by atoms with Gasteiger partial charge in [-0.3, -0.25) is 4.79 Å². The predicted molar refractivity (Wildman–Crippen MR) is 48.0 cm³/mol. The third kappa shape index (κ3) is 8.17. The van der Waals surface area contributed by atoms with Crippen molar-refractivity contribution in [1.29, 1.82) is 0 Å². The molecular weight excluding hydrogens is 168 g/mol. The number of carboxylic acids is 1. The van der Waals surface area contributed by atoms with Crippen molar-refractivity contribution in [1.82, 2.24) is 0 Å². The number of hydrogen-bond donors (Lipinski definition) is 1. The zero-order valence-corrected chi connectivity index (χ0v) is 7.63. The molecule has 0 unspecified atom stereocenters. The fraction of sp³-hybridized carbons (Fsp3) is 0.833. The number of aliphatic carboxylic acids is 1. The molecule has 0 fully saturated rings. The van der Waals surface area contributed by atoms with E-state index in [9.17, 15) is 4.79 Å². The maximum Gasteiger partial charge on any atom is 0.313 e. The first-order valence-corrected chi connectivity index (χ1v) is 5.45. The lowest BCUT2D eigenvalue weighted by atomic mass is 10.8. The molecule has 0 aromatic heterocycles. The van der Waals surface area contributed by atoms with Crippen LogP contribution in [0.2, 0.25) is 0 Å². The molecule has 4 heteroatoms. The Balaban J connectivity index is 2.84. The zero-order valence-electron chi connectivity index (χ0n) is 6.00. The minimum absolute atomic E-state index is 0.240. The molecule has 0 radical (unpaired) electrons. The van der Waals surface area contributed by atoms with Crippen LogP contribution >= 0.6 is 23.5 Å². The van der Waals surface area contributed by atoms with Crippen LogP contribution in [0.3, 0.4) is 0 Å². The van der Waals surface area contributed by atoms with Crippen LogP contribution in [-0.2, 0) is 4.79 Å². The highest BCUT2D eigenvalue weighted by Gasteiger charge is 1.95. The number of carbonyl (C=O) groups is 1. The van der Waals surface area contributed by atoms with Gasteiger partial charge in [0.15, 0.2) is 0 Å². The van der Waals surface area contributed by atoms with Crippen LogP contribution in [0, 0.1) is 0 Å². The Labute approximate surface area is 69.8 Å². The lowest BCUT2D eigenvalue weighted by molar-refractivity contribution is -0.133. The van der Waals surface area contributed by atoms with Crippen LogP contribution in [0.15, 0.2) is 0 Å². The maximum atomic E-state index is 10.0. The van der Waals surface area contributed by atoms with Gasteiger partial charge >= 0.3 is 5.97 Å². The Kier molecular flexibility index (Phi) is 7.40. The van der Waals surface area contributed by atoms with Crippen molar-refractivity contribution >= 4 is 29.5 Å². The molecule has 0 aliphatic carbocycles. The van der Waals surface area contributed by atoms with E-state index in [1.54, 1.807) is 0 Å². The quantitative estimate of drug-likeness (QED) is 0.629. The molecule has 0 aliphatic rings. The van der Waals surface area contributed by atoms with Crippen molar-refractivity contribution < 1.29 is 9.90 Å². The molecule has 0 bridgehead atoms. The molecule has 0 spiro atoms. The van der Waals surface area contributed by atoms with Crippen molar-refractivity contribution in [2.75, 3.05) is 23.0 Å². The second-order valence-corrected chi connectivity index (χ2v) is 4.14. The molecule has 0 saturated heterocycles. The molecule has 0 amide bonds. The van der Waals surface area contributed by atoms with Gasteiger partial charge in [0.05, 0.1) is 5.75 Å². The second-order valence-electron chi connectivity index (χ2n) is 1.64. The fourth-order valence-corrected chi connectivity index (χ4v) is 1.97. The van der Waals surface area contributed by atoms with Gasteiger partial charge in [-0.25, -0.2) is 0 Å². The fourth-order valence-electron chi connectivity index (χ4n) is 0.422. The standard InChI is InChI=1S/C6H12O2S2/c1-2-9-3-4-10-5-6(7)8/h2-5H2,1H3,(H,7,8). The summed E-state index contributed by atoms with van der Waals surface area (Å²) in [6.45, 7) is 2.10. The maximum absolute atomic E-state index is 10.0. The molecular formula is C6H12O2S2. The molecule has 0 aromatic rings. The van der Waals surface area contributed by atoms with E-state index in [4.69, 9.17) is 5.11 Å². The summed E-state index contributed by atoms with van der Waals surface area (Å²) in [6, 6.07) is 0. The molecule has 10 heavy (non-hydrogen) atoms. The third-order valence-electron chi connectivity index (χ3n) is 0.802. The zero-order chi connectivity index (χ0) is 7.82. The van der Waals surface area contributed by atoms with Crippen molar-refractivity contribution in [2.24, 2.45) is 0 Å². The summed E-state index contributed by atoms with van der Waals surface area (Å²) in [5.74, 6) is 2.66. The highest BCUT2D eigenvalue weighted by molar-refractivity contribution is 8.03. The van der Waals surface area contributed by atoms with Crippen molar-refractivity contribution in [2.45, 2.75) is 6.92 Å². The Hall–Kier alpha value is 0.170. The largest absolute Gasteiger partial charge is 0.481 e. The molecule has 0 aromatic carbocycles. The van der Waals surface area contributed by atoms with Gasteiger partial charge in [-0.1, -0.05) is 6.92 Å². The monoisotopic (exact) mass is 180 g/mol. The van der Waals surface area contributed by atoms with Crippen LogP contribution < -0.4 is 0 Å². The highest BCUT2D eigenvalue weighted by atomic mass is 32.2. The minimum atomic E-state index is -0.716. The van der Waals surface area contributed by atoms with E-state index in [1.165, 1.54) is 11.8 Å². The lowest BCUT2D eigenvalue weighted by Gasteiger charge is -1.95. The van der Waals surface area contributed by atoms with Gasteiger partial charge in [0, 0.05) is 11.5 Å². The predicted octanol–water partition coefficient (Wildman–Crippen LogP) is 1.56. The van der Waals surface area contributed by atoms with Gasteiger partial charge < -0.3 is 5.11 Å². The first kappa shape index (κ1) is 10.2. The summed E-state index contributed by atoms with van der Waals surface area (Å²) in [5, 5.41) is 8.24. The van der Waals surface area contributed by atoms with Crippen molar-refractivity contribution in [3.05, 3.63) is 0 Å². The molecule has 2 nitrogen and oxygen atoms in total. The van der Waals surface area contributed by atoms with Crippen LogP contribution in [0.1, 0.15) is 6.92 Å². The van der Waals surface area contributed by atoms with Crippen molar-refractivity contribution in [3.63, 3.8) is 0 Å². The Morgan fingerprint density at radius 2 is 2.00 bits per heavy atom. The average Bonchev–Trinajstić information content (AvgIpc) is 1.87. The topological polar surface area (TPSA) is 37.3 Å². The number of rotatable bonds is 6. The highest BCUT2D eigenvalue weighted by Crippen LogP contribution is 2.05. The minimum Gasteiger partial charge on any atom is -0.481 e. The third-order valence-corrected chi connectivity index (χ3v) is 2.91. The van der Waals surface area contributed by atoms with E-state index in [0.29, 0.717) is 0 Å². The average molecular weight is 180 g/mol. The van der Waals surface area contributed by atoms with E-state index in [1.807, 2.05) is 11.8 Å². The van der Waals surface area contributed by atoms with E-state index < -0.39 is 5.97 Å². The normalized spacial score (nSPS) is 9.70. The van der Waals surface area contributed by atoms with Gasteiger partial charge in [0.1, 0.15) is 0 Å². The summed E-state index contributed by atoms with van der Waals surface area (Å²) in [5.41, 5.74) is 0.